The number of rotatable bonds is 11. The molecule has 0 saturated carbocycles. The number of pyridine rings is 2. The fraction of sp³-hybridized carbons (Fsp3) is 0.407. The van der Waals surface area contributed by atoms with Crippen molar-refractivity contribution >= 4 is 40.4 Å². The van der Waals surface area contributed by atoms with E-state index in [1.807, 2.05) is 30.5 Å². The molecule has 0 aliphatic carbocycles. The van der Waals surface area contributed by atoms with Crippen LogP contribution in [0.4, 0.5) is 11.6 Å². The quantitative estimate of drug-likeness (QED) is 0.270. The molecule has 1 fully saturated rings. The van der Waals surface area contributed by atoms with E-state index in [2.05, 4.69) is 44.6 Å². The molecule has 1 saturated heterocycles. The zero-order valence-corrected chi connectivity index (χ0v) is 21.9. The molecule has 0 aromatic carbocycles. The van der Waals surface area contributed by atoms with Crippen molar-refractivity contribution in [3.05, 3.63) is 54.0 Å². The average molecular weight is 502 g/mol. The van der Waals surface area contributed by atoms with Crippen molar-refractivity contribution in [2.24, 2.45) is 5.92 Å². The maximum Gasteiger partial charge on any atom is 0.227 e. The summed E-state index contributed by atoms with van der Waals surface area (Å²) in [5.74, 6) is 2.00. The van der Waals surface area contributed by atoms with Gasteiger partial charge in [0.2, 0.25) is 5.91 Å². The van der Waals surface area contributed by atoms with E-state index in [0.29, 0.717) is 17.6 Å². The second-order valence-corrected chi connectivity index (χ2v) is 9.85. The Morgan fingerprint density at radius 3 is 2.73 bits per heavy atom. The van der Waals surface area contributed by atoms with Crippen molar-refractivity contribution in [3.8, 4) is 0 Å². The fourth-order valence-corrected chi connectivity index (χ4v) is 4.19. The van der Waals surface area contributed by atoms with Crippen LogP contribution in [0.2, 0.25) is 0 Å². The van der Waals surface area contributed by atoms with Crippen LogP contribution in [0.5, 0.6) is 0 Å². The van der Waals surface area contributed by atoms with Gasteiger partial charge in [-0.25, -0.2) is 4.98 Å². The van der Waals surface area contributed by atoms with Crippen molar-refractivity contribution < 1.29 is 4.79 Å². The van der Waals surface area contributed by atoms with Gasteiger partial charge in [0.25, 0.3) is 0 Å². The summed E-state index contributed by atoms with van der Waals surface area (Å²) in [6, 6.07) is 7.69. The molecule has 0 unspecified atom stereocenters. The first kappa shape index (κ1) is 26.2. The molecule has 1 aliphatic heterocycles. The minimum Gasteiger partial charge on any atom is -0.390 e. The normalized spacial score (nSPS) is 14.5. The van der Waals surface area contributed by atoms with E-state index >= 15 is 0 Å². The number of likely N-dealkylation sites (tertiary alicyclic amines) is 1. The summed E-state index contributed by atoms with van der Waals surface area (Å²) in [6.07, 6.45) is 7.65. The molecule has 0 radical (unpaired) electrons. The molecule has 0 bridgehead atoms. The first-order valence-corrected chi connectivity index (χ1v) is 12.6. The Labute approximate surface area is 217 Å². The third-order valence-electron chi connectivity index (χ3n) is 6.42. The van der Waals surface area contributed by atoms with E-state index in [9.17, 15) is 4.79 Å². The van der Waals surface area contributed by atoms with Crippen molar-refractivity contribution in [1.82, 2.24) is 35.3 Å². The Bertz CT molecular complexity index is 1280. The Kier molecular flexibility index (Phi) is 8.39. The van der Waals surface area contributed by atoms with E-state index in [0.717, 1.165) is 60.3 Å². The summed E-state index contributed by atoms with van der Waals surface area (Å²) in [5.41, 5.74) is 4.14. The Morgan fingerprint density at radius 2 is 2.00 bits per heavy atom. The summed E-state index contributed by atoms with van der Waals surface area (Å²) < 4.78 is 0. The minimum absolute atomic E-state index is 0.134. The lowest BCUT2D eigenvalue weighted by Gasteiger charge is -2.39. The van der Waals surface area contributed by atoms with Gasteiger partial charge in [-0.2, -0.15) is 5.10 Å². The number of allylic oxidation sites excluding steroid dienone is 1. The zero-order chi connectivity index (χ0) is 26.4. The summed E-state index contributed by atoms with van der Waals surface area (Å²) in [4.78, 5) is 25.1. The largest absolute Gasteiger partial charge is 0.390 e. The van der Waals surface area contributed by atoms with Gasteiger partial charge >= 0.3 is 0 Å². The molecule has 1 aliphatic rings. The summed E-state index contributed by atoms with van der Waals surface area (Å²) in [6.45, 7) is 7.62. The fourth-order valence-electron chi connectivity index (χ4n) is 4.19. The van der Waals surface area contributed by atoms with Crippen LogP contribution in [0.25, 0.3) is 16.6 Å². The minimum atomic E-state index is 0.134. The van der Waals surface area contributed by atoms with E-state index in [1.165, 1.54) is 6.21 Å². The number of amides is 1. The number of anilines is 2. The highest BCUT2D eigenvalue weighted by Crippen LogP contribution is 2.22. The molecule has 4 heterocycles. The molecule has 10 nitrogen and oxygen atoms in total. The van der Waals surface area contributed by atoms with Crippen LogP contribution in [0.1, 0.15) is 37.3 Å². The van der Waals surface area contributed by atoms with Gasteiger partial charge in [-0.1, -0.05) is 13.8 Å². The summed E-state index contributed by atoms with van der Waals surface area (Å²) in [7, 11) is 3.61. The van der Waals surface area contributed by atoms with E-state index in [-0.39, 0.29) is 11.8 Å². The SMILES string of the molecule is CC(C)c1cnnc(Nc2ccc3ncc(/C(C=N)=C/NCCCN4CC(C(=O)N(C)C)C4)cc3n2)c1. The van der Waals surface area contributed by atoms with Crippen LogP contribution in [0.3, 0.4) is 0 Å². The lowest BCUT2D eigenvalue weighted by Crippen LogP contribution is -2.53. The topological polar surface area (TPSA) is 123 Å². The van der Waals surface area contributed by atoms with Gasteiger partial charge in [0, 0.05) is 63.5 Å². The van der Waals surface area contributed by atoms with Crippen molar-refractivity contribution in [1.29, 1.82) is 5.41 Å². The molecule has 3 N–H and O–H groups in total. The lowest BCUT2D eigenvalue weighted by atomic mass is 9.98. The number of nitrogens with zero attached hydrogens (tertiary/aromatic N) is 6. The lowest BCUT2D eigenvalue weighted by molar-refractivity contribution is -0.138. The average Bonchev–Trinajstić information content (AvgIpc) is 2.86. The number of fused-ring (bicyclic) bond motifs is 1. The van der Waals surface area contributed by atoms with Crippen molar-refractivity contribution in [3.63, 3.8) is 0 Å². The van der Waals surface area contributed by atoms with Crippen molar-refractivity contribution in [2.75, 3.05) is 45.6 Å². The molecule has 0 atom stereocenters. The third kappa shape index (κ3) is 6.65. The van der Waals surface area contributed by atoms with Crippen LogP contribution in [0.15, 0.2) is 42.9 Å². The highest BCUT2D eigenvalue weighted by atomic mass is 16.2. The number of nitrogens with one attached hydrogen (secondary N) is 3. The number of aromatic nitrogens is 4. The molecule has 3 aromatic heterocycles. The standard InChI is InChI=1S/C27H35N9O/c1-18(2)19-11-26(34-31-15-19)33-25-7-6-23-24(32-25)10-20(14-30-23)21(12-28)13-29-8-5-9-36-16-22(17-36)27(37)35(3)4/h6-7,10-15,18,22,28-29H,5,8-9,16-17H2,1-4H3,(H,32,33,34)/b21-13+,28-12?. The van der Waals surface area contributed by atoms with Gasteiger partial charge in [-0.15, -0.1) is 5.10 Å². The molecule has 194 valence electrons. The van der Waals surface area contributed by atoms with Crippen LogP contribution >= 0.6 is 0 Å². The Hall–Kier alpha value is -3.92. The second kappa shape index (κ2) is 11.9. The third-order valence-corrected chi connectivity index (χ3v) is 6.42. The number of carbonyl (C=O) groups excluding carboxylic acids is 1. The molecule has 37 heavy (non-hydrogen) atoms. The molecule has 10 heteroatoms. The van der Waals surface area contributed by atoms with Gasteiger partial charge in [-0.05, 0) is 48.7 Å². The molecule has 4 rings (SSSR count). The molecular formula is C27H35N9O. The van der Waals surface area contributed by atoms with Gasteiger partial charge < -0.3 is 25.8 Å². The van der Waals surface area contributed by atoms with Gasteiger partial charge in [0.05, 0.1) is 23.1 Å². The highest BCUT2D eigenvalue weighted by molar-refractivity contribution is 6.08. The second-order valence-electron chi connectivity index (χ2n) is 9.85. The smallest absolute Gasteiger partial charge is 0.227 e. The molecule has 1 amide bonds. The van der Waals surface area contributed by atoms with Gasteiger partial charge in [-0.3, -0.25) is 9.78 Å². The van der Waals surface area contributed by atoms with E-state index in [4.69, 9.17) is 10.4 Å². The zero-order valence-electron chi connectivity index (χ0n) is 21.9. The predicted molar refractivity (Wildman–Crippen MR) is 147 cm³/mol. The van der Waals surface area contributed by atoms with Crippen LogP contribution in [0, 0.1) is 11.3 Å². The van der Waals surface area contributed by atoms with Crippen LogP contribution < -0.4 is 10.6 Å². The van der Waals surface area contributed by atoms with Crippen LogP contribution in [-0.4, -0.2) is 82.4 Å². The maximum absolute atomic E-state index is 11.9. The molecular weight excluding hydrogens is 466 g/mol. The van der Waals surface area contributed by atoms with E-state index < -0.39 is 0 Å². The highest BCUT2D eigenvalue weighted by Gasteiger charge is 2.32. The molecule has 3 aromatic rings. The first-order valence-electron chi connectivity index (χ1n) is 12.6. The summed E-state index contributed by atoms with van der Waals surface area (Å²) in [5, 5.41) is 22.7. The maximum atomic E-state index is 11.9. The Balaban J connectivity index is 1.34. The number of hydrogen-bond acceptors (Lipinski definition) is 9. The molecule has 0 spiro atoms. The summed E-state index contributed by atoms with van der Waals surface area (Å²) >= 11 is 0. The van der Waals surface area contributed by atoms with E-state index in [1.54, 1.807) is 31.4 Å². The monoisotopic (exact) mass is 501 g/mol. The Morgan fingerprint density at radius 1 is 1.19 bits per heavy atom. The number of hydrogen-bond donors (Lipinski definition) is 3. The van der Waals surface area contributed by atoms with Gasteiger partial charge in [0.15, 0.2) is 5.82 Å². The number of carbonyl (C=O) groups is 1. The first-order chi connectivity index (χ1) is 17.8. The van der Waals surface area contributed by atoms with Gasteiger partial charge in [0.1, 0.15) is 5.82 Å². The predicted octanol–water partition coefficient (Wildman–Crippen LogP) is 3.28. The van der Waals surface area contributed by atoms with Crippen LogP contribution in [-0.2, 0) is 4.79 Å². The van der Waals surface area contributed by atoms with Crippen molar-refractivity contribution in [2.45, 2.75) is 26.2 Å².